The number of hydrogen-bond acceptors (Lipinski definition) is 9. The molecule has 1 aromatic heterocycles. The van der Waals surface area contributed by atoms with E-state index < -0.39 is 37.3 Å². The maximum atomic E-state index is 10.4. The van der Waals surface area contributed by atoms with Crippen molar-refractivity contribution in [2.24, 2.45) is 0 Å². The molecular formula is C22H26N2O8. The molecule has 1 aliphatic heterocycles. The molecule has 4 rings (SSSR count). The van der Waals surface area contributed by atoms with E-state index in [1.54, 1.807) is 28.9 Å². The third-order valence-electron chi connectivity index (χ3n) is 5.55. The number of aromatic hydroxyl groups is 1. The third-order valence-corrected chi connectivity index (χ3v) is 5.55. The van der Waals surface area contributed by atoms with Gasteiger partial charge in [-0.3, -0.25) is 4.68 Å². The number of ether oxygens (including phenoxy) is 2. The highest BCUT2D eigenvalue weighted by atomic mass is 16.7. The number of aromatic nitrogens is 2. The van der Waals surface area contributed by atoms with Crippen molar-refractivity contribution in [3.63, 3.8) is 0 Å². The topological polar surface area (TPSA) is 158 Å². The minimum atomic E-state index is -1.58. The SMILES string of the molecule is OCCn1nc(O[C@@H]2O[C@H](CO)[C@@H](O)[C@H](O)[C@H]2O)c2c(Cc3ccc(O)cc3)cccc21. The molecule has 0 spiro atoms. The fourth-order valence-corrected chi connectivity index (χ4v) is 3.87. The quantitative estimate of drug-likeness (QED) is 0.282. The molecular weight excluding hydrogens is 420 g/mol. The fraction of sp³-hybridized carbons (Fsp3) is 0.409. The number of phenolic OH excluding ortho intramolecular Hbond substituents is 1. The van der Waals surface area contributed by atoms with E-state index in [9.17, 15) is 30.6 Å². The number of fused-ring (bicyclic) bond motifs is 1. The number of benzene rings is 2. The van der Waals surface area contributed by atoms with Crippen molar-refractivity contribution in [3.05, 3.63) is 53.6 Å². The summed E-state index contributed by atoms with van der Waals surface area (Å²) in [6, 6.07) is 12.3. The minimum absolute atomic E-state index is 0.118. The summed E-state index contributed by atoms with van der Waals surface area (Å²) in [5.41, 5.74) is 2.47. The van der Waals surface area contributed by atoms with Gasteiger partial charge in [-0.05, 0) is 35.7 Å². The molecule has 2 heterocycles. The van der Waals surface area contributed by atoms with Crippen molar-refractivity contribution in [1.82, 2.24) is 9.78 Å². The van der Waals surface area contributed by atoms with Gasteiger partial charge in [0.25, 0.3) is 0 Å². The van der Waals surface area contributed by atoms with Crippen molar-refractivity contribution in [2.45, 2.75) is 43.7 Å². The zero-order chi connectivity index (χ0) is 22.8. The lowest BCUT2D eigenvalue weighted by Gasteiger charge is -2.39. The predicted molar refractivity (Wildman–Crippen MR) is 112 cm³/mol. The molecule has 32 heavy (non-hydrogen) atoms. The molecule has 5 atom stereocenters. The summed E-state index contributed by atoms with van der Waals surface area (Å²) < 4.78 is 12.9. The Kier molecular flexibility index (Phi) is 6.60. The average molecular weight is 446 g/mol. The van der Waals surface area contributed by atoms with Gasteiger partial charge in [-0.1, -0.05) is 24.3 Å². The smallest absolute Gasteiger partial charge is 0.243 e. The van der Waals surface area contributed by atoms with Crippen LogP contribution in [0.4, 0.5) is 0 Å². The van der Waals surface area contributed by atoms with Crippen LogP contribution in [0.25, 0.3) is 10.9 Å². The molecule has 0 amide bonds. The van der Waals surface area contributed by atoms with Crippen molar-refractivity contribution >= 4 is 10.9 Å². The van der Waals surface area contributed by atoms with E-state index in [1.807, 2.05) is 18.2 Å². The second-order valence-electron chi connectivity index (χ2n) is 7.72. The molecule has 0 bridgehead atoms. The molecule has 10 nitrogen and oxygen atoms in total. The first-order valence-corrected chi connectivity index (χ1v) is 10.3. The lowest BCUT2D eigenvalue weighted by molar-refractivity contribution is -0.278. The molecule has 3 aromatic rings. The van der Waals surface area contributed by atoms with Crippen LogP contribution in [0.2, 0.25) is 0 Å². The van der Waals surface area contributed by atoms with E-state index >= 15 is 0 Å². The standard InChI is InChI=1S/C22H26N2O8/c25-9-8-24-15-3-1-2-13(10-12-4-6-14(27)7-5-12)17(15)21(23-24)32-22-20(30)19(29)18(28)16(11-26)31-22/h1-7,16,18-20,22,25-30H,8-11H2/t16-,18-,19+,20-,22+/m1/s1. The highest BCUT2D eigenvalue weighted by Crippen LogP contribution is 2.33. The van der Waals surface area contributed by atoms with Crippen LogP contribution in [-0.2, 0) is 17.7 Å². The van der Waals surface area contributed by atoms with Gasteiger partial charge < -0.3 is 40.1 Å². The Labute approximate surface area is 183 Å². The molecule has 1 aliphatic rings. The molecule has 10 heteroatoms. The minimum Gasteiger partial charge on any atom is -0.508 e. The Morgan fingerprint density at radius 2 is 1.72 bits per heavy atom. The number of hydrogen-bond donors (Lipinski definition) is 6. The van der Waals surface area contributed by atoms with E-state index in [0.29, 0.717) is 17.3 Å². The molecule has 0 unspecified atom stereocenters. The van der Waals surface area contributed by atoms with Gasteiger partial charge in [-0.15, -0.1) is 5.10 Å². The third kappa shape index (κ3) is 4.29. The predicted octanol–water partition coefficient (Wildman–Crippen LogP) is -0.496. The molecule has 0 saturated carbocycles. The highest BCUT2D eigenvalue weighted by molar-refractivity contribution is 5.88. The van der Waals surface area contributed by atoms with Crippen LogP contribution in [0.3, 0.4) is 0 Å². The molecule has 1 fully saturated rings. The monoisotopic (exact) mass is 446 g/mol. The summed E-state index contributed by atoms with van der Waals surface area (Å²) in [5, 5.41) is 63.9. The molecule has 0 radical (unpaired) electrons. The van der Waals surface area contributed by atoms with Gasteiger partial charge in [0.2, 0.25) is 12.2 Å². The maximum absolute atomic E-state index is 10.4. The normalized spacial score (nSPS) is 25.8. The van der Waals surface area contributed by atoms with Crippen LogP contribution >= 0.6 is 0 Å². The van der Waals surface area contributed by atoms with Crippen LogP contribution < -0.4 is 4.74 Å². The second kappa shape index (κ2) is 9.41. The van der Waals surface area contributed by atoms with Gasteiger partial charge in [0.1, 0.15) is 30.2 Å². The van der Waals surface area contributed by atoms with Gasteiger partial charge >= 0.3 is 0 Å². The number of nitrogens with zero attached hydrogens (tertiary/aromatic N) is 2. The van der Waals surface area contributed by atoms with Gasteiger partial charge in [0.15, 0.2) is 0 Å². The summed E-state index contributed by atoms with van der Waals surface area (Å²) in [5.74, 6) is 0.279. The maximum Gasteiger partial charge on any atom is 0.243 e. The summed E-state index contributed by atoms with van der Waals surface area (Å²) in [4.78, 5) is 0. The Morgan fingerprint density at radius 1 is 0.969 bits per heavy atom. The largest absolute Gasteiger partial charge is 0.508 e. The Morgan fingerprint density at radius 3 is 2.41 bits per heavy atom. The van der Waals surface area contributed by atoms with Crippen LogP contribution in [0.1, 0.15) is 11.1 Å². The first-order valence-electron chi connectivity index (χ1n) is 10.3. The average Bonchev–Trinajstić information content (AvgIpc) is 3.14. The van der Waals surface area contributed by atoms with E-state index in [1.165, 1.54) is 0 Å². The molecule has 6 N–H and O–H groups in total. The Bertz CT molecular complexity index is 1050. The lowest BCUT2D eigenvalue weighted by atomic mass is 9.99. The van der Waals surface area contributed by atoms with Gasteiger partial charge in [-0.2, -0.15) is 0 Å². The van der Waals surface area contributed by atoms with E-state index in [-0.39, 0.29) is 24.8 Å². The molecule has 2 aromatic carbocycles. The van der Waals surface area contributed by atoms with E-state index in [2.05, 4.69) is 5.10 Å². The van der Waals surface area contributed by atoms with Crippen molar-refractivity contribution in [3.8, 4) is 11.6 Å². The van der Waals surface area contributed by atoms with Crippen LogP contribution in [0.5, 0.6) is 11.6 Å². The zero-order valence-electron chi connectivity index (χ0n) is 17.2. The van der Waals surface area contributed by atoms with Crippen LogP contribution in [0, 0.1) is 0 Å². The van der Waals surface area contributed by atoms with E-state index in [0.717, 1.165) is 11.1 Å². The number of phenols is 1. The Hall–Kier alpha value is -2.73. The first-order chi connectivity index (χ1) is 15.4. The molecule has 1 saturated heterocycles. The van der Waals surface area contributed by atoms with Crippen molar-refractivity contribution in [1.29, 1.82) is 0 Å². The first kappa shape index (κ1) is 22.5. The molecule has 172 valence electrons. The summed E-state index contributed by atoms with van der Waals surface area (Å²) in [7, 11) is 0. The van der Waals surface area contributed by atoms with Crippen LogP contribution in [0.15, 0.2) is 42.5 Å². The number of rotatable bonds is 7. The molecule has 0 aliphatic carbocycles. The summed E-state index contributed by atoms with van der Waals surface area (Å²) in [6.07, 6.45) is -6.64. The van der Waals surface area contributed by atoms with Gasteiger partial charge in [-0.25, -0.2) is 0 Å². The Balaban J connectivity index is 1.72. The van der Waals surface area contributed by atoms with Gasteiger partial charge in [0.05, 0.1) is 30.7 Å². The summed E-state index contributed by atoms with van der Waals surface area (Å²) in [6.45, 7) is -0.522. The van der Waals surface area contributed by atoms with E-state index in [4.69, 9.17) is 9.47 Å². The highest BCUT2D eigenvalue weighted by Gasteiger charge is 2.45. The fourth-order valence-electron chi connectivity index (χ4n) is 3.87. The summed E-state index contributed by atoms with van der Waals surface area (Å²) >= 11 is 0. The second-order valence-corrected chi connectivity index (χ2v) is 7.72. The van der Waals surface area contributed by atoms with Crippen LogP contribution in [-0.4, -0.2) is 84.3 Å². The number of aliphatic hydroxyl groups is 5. The zero-order valence-corrected chi connectivity index (χ0v) is 17.2. The number of aliphatic hydroxyl groups excluding tert-OH is 5. The van der Waals surface area contributed by atoms with Crippen molar-refractivity contribution < 1.29 is 40.1 Å². The lowest BCUT2D eigenvalue weighted by Crippen LogP contribution is -2.60. The van der Waals surface area contributed by atoms with Crippen molar-refractivity contribution in [2.75, 3.05) is 13.2 Å². The van der Waals surface area contributed by atoms with Gasteiger partial charge in [0, 0.05) is 0 Å².